The van der Waals surface area contributed by atoms with E-state index in [0.717, 1.165) is 6.42 Å². The van der Waals surface area contributed by atoms with Gasteiger partial charge in [-0.1, -0.05) is 38.4 Å². The summed E-state index contributed by atoms with van der Waals surface area (Å²) in [4.78, 5) is 14.1. The number of amides is 1. The van der Waals surface area contributed by atoms with Crippen molar-refractivity contribution in [1.82, 2.24) is 4.90 Å². The first-order valence-corrected chi connectivity index (χ1v) is 7.62. The molecule has 0 radical (unpaired) electrons. The smallest absolute Gasteiger partial charge is 0.260 e. The molecule has 0 saturated carbocycles. The number of ether oxygens (including phenoxy) is 1. The highest BCUT2D eigenvalue weighted by Crippen LogP contribution is 2.18. The summed E-state index contributed by atoms with van der Waals surface area (Å²) in [6, 6.07) is 7.04. The molecule has 0 aromatic heterocycles. The van der Waals surface area contributed by atoms with Crippen LogP contribution < -0.4 is 10.5 Å². The second kappa shape index (κ2) is 8.25. The Morgan fingerprint density at radius 1 is 1.43 bits per heavy atom. The van der Waals surface area contributed by atoms with Crippen molar-refractivity contribution in [3.05, 3.63) is 29.3 Å². The highest BCUT2D eigenvalue weighted by molar-refractivity contribution is 6.30. The van der Waals surface area contributed by atoms with Gasteiger partial charge in [0, 0.05) is 18.1 Å². The molecule has 21 heavy (non-hydrogen) atoms. The molecule has 0 aliphatic heterocycles. The van der Waals surface area contributed by atoms with Crippen molar-refractivity contribution in [2.75, 3.05) is 26.2 Å². The van der Waals surface area contributed by atoms with Crippen LogP contribution in [-0.4, -0.2) is 37.0 Å². The molecular formula is C16H25ClN2O2. The topological polar surface area (TPSA) is 55.6 Å². The van der Waals surface area contributed by atoms with Crippen LogP contribution in [0.15, 0.2) is 24.3 Å². The molecule has 1 rings (SSSR count). The number of hydrogen-bond donors (Lipinski definition) is 1. The molecule has 1 aromatic rings. The Bertz CT molecular complexity index is 463. The molecule has 5 heteroatoms. The third kappa shape index (κ3) is 6.36. The van der Waals surface area contributed by atoms with Gasteiger partial charge in [-0.05, 0) is 36.6 Å². The van der Waals surface area contributed by atoms with Gasteiger partial charge in [-0.25, -0.2) is 0 Å². The van der Waals surface area contributed by atoms with Gasteiger partial charge >= 0.3 is 0 Å². The molecule has 1 amide bonds. The predicted octanol–water partition coefficient (Wildman–Crippen LogP) is 2.94. The molecular weight excluding hydrogens is 288 g/mol. The summed E-state index contributed by atoms with van der Waals surface area (Å²) in [5.74, 6) is 0.573. The Balaban J connectivity index is 2.60. The third-order valence-electron chi connectivity index (χ3n) is 3.18. The monoisotopic (exact) mass is 312 g/mol. The minimum absolute atomic E-state index is 0.0149. The minimum atomic E-state index is -0.0963. The van der Waals surface area contributed by atoms with Crippen molar-refractivity contribution in [3.63, 3.8) is 0 Å². The molecule has 0 heterocycles. The summed E-state index contributed by atoms with van der Waals surface area (Å²) in [7, 11) is 0. The fraction of sp³-hybridized carbons (Fsp3) is 0.562. The van der Waals surface area contributed by atoms with Gasteiger partial charge < -0.3 is 15.4 Å². The van der Waals surface area contributed by atoms with Crippen molar-refractivity contribution in [2.24, 2.45) is 11.1 Å². The van der Waals surface area contributed by atoms with Gasteiger partial charge in [0.25, 0.3) is 5.91 Å². The molecule has 0 aliphatic carbocycles. The van der Waals surface area contributed by atoms with Crippen LogP contribution in [0.2, 0.25) is 5.02 Å². The van der Waals surface area contributed by atoms with E-state index in [1.807, 2.05) is 11.8 Å². The number of benzene rings is 1. The molecule has 2 N–H and O–H groups in total. The minimum Gasteiger partial charge on any atom is -0.484 e. The van der Waals surface area contributed by atoms with Crippen LogP contribution in [-0.2, 0) is 4.79 Å². The molecule has 4 nitrogen and oxygen atoms in total. The average Bonchev–Trinajstić information content (AvgIpc) is 2.44. The number of halogens is 1. The van der Waals surface area contributed by atoms with Gasteiger partial charge in [0.1, 0.15) is 5.75 Å². The maximum Gasteiger partial charge on any atom is 0.260 e. The molecule has 0 aliphatic rings. The van der Waals surface area contributed by atoms with Crippen LogP contribution in [0.4, 0.5) is 0 Å². The zero-order chi connectivity index (χ0) is 15.9. The summed E-state index contributed by atoms with van der Waals surface area (Å²) in [6.45, 7) is 8.06. The van der Waals surface area contributed by atoms with Crippen LogP contribution in [0.1, 0.15) is 27.2 Å². The Morgan fingerprint density at radius 2 is 2.14 bits per heavy atom. The quantitative estimate of drug-likeness (QED) is 0.803. The number of hydrogen-bond acceptors (Lipinski definition) is 3. The molecule has 0 saturated heterocycles. The maximum absolute atomic E-state index is 12.3. The maximum atomic E-state index is 12.3. The lowest BCUT2D eigenvalue weighted by atomic mass is 9.93. The third-order valence-corrected chi connectivity index (χ3v) is 3.41. The van der Waals surface area contributed by atoms with Gasteiger partial charge in [-0.2, -0.15) is 0 Å². The fourth-order valence-electron chi connectivity index (χ4n) is 1.94. The molecule has 0 fully saturated rings. The fourth-order valence-corrected chi connectivity index (χ4v) is 2.12. The summed E-state index contributed by atoms with van der Waals surface area (Å²) in [6.07, 6.45) is 0.906. The Kier molecular flexibility index (Phi) is 6.99. The van der Waals surface area contributed by atoms with Crippen molar-refractivity contribution in [1.29, 1.82) is 0 Å². The van der Waals surface area contributed by atoms with E-state index in [0.29, 0.717) is 30.4 Å². The average molecular weight is 313 g/mol. The predicted molar refractivity (Wildman–Crippen MR) is 86.7 cm³/mol. The van der Waals surface area contributed by atoms with Crippen molar-refractivity contribution in [2.45, 2.75) is 27.2 Å². The van der Waals surface area contributed by atoms with E-state index in [1.54, 1.807) is 24.3 Å². The Hall–Kier alpha value is -1.26. The van der Waals surface area contributed by atoms with E-state index >= 15 is 0 Å². The lowest BCUT2D eigenvalue weighted by Gasteiger charge is -2.31. The molecule has 0 spiro atoms. The highest BCUT2D eigenvalue weighted by atomic mass is 35.5. The number of nitrogens with two attached hydrogens (primary N) is 1. The zero-order valence-corrected chi connectivity index (χ0v) is 13.8. The second-order valence-electron chi connectivity index (χ2n) is 5.93. The number of rotatable bonds is 8. The van der Waals surface area contributed by atoms with E-state index in [9.17, 15) is 4.79 Å². The van der Waals surface area contributed by atoms with E-state index in [4.69, 9.17) is 22.1 Å². The second-order valence-corrected chi connectivity index (χ2v) is 6.37. The summed E-state index contributed by atoms with van der Waals surface area (Å²) in [5.41, 5.74) is 5.65. The molecule has 0 bridgehead atoms. The normalized spacial score (nSPS) is 11.3. The first kappa shape index (κ1) is 17.8. The van der Waals surface area contributed by atoms with Gasteiger partial charge in [-0.15, -0.1) is 0 Å². The summed E-state index contributed by atoms with van der Waals surface area (Å²) in [5, 5.41) is 0.592. The lowest BCUT2D eigenvalue weighted by Crippen LogP contribution is -2.44. The largest absolute Gasteiger partial charge is 0.484 e. The van der Waals surface area contributed by atoms with Crippen LogP contribution in [0.25, 0.3) is 0 Å². The van der Waals surface area contributed by atoms with E-state index < -0.39 is 0 Å². The van der Waals surface area contributed by atoms with Crippen molar-refractivity contribution >= 4 is 17.5 Å². The van der Waals surface area contributed by atoms with E-state index in [1.165, 1.54) is 0 Å². The molecule has 118 valence electrons. The first-order valence-electron chi connectivity index (χ1n) is 7.24. The Morgan fingerprint density at radius 3 is 2.71 bits per heavy atom. The number of carbonyl (C=O) groups excluding carboxylic acids is 1. The number of carbonyl (C=O) groups is 1. The van der Waals surface area contributed by atoms with Gasteiger partial charge in [-0.3, -0.25) is 4.79 Å². The first-order chi connectivity index (χ1) is 9.88. The van der Waals surface area contributed by atoms with Gasteiger partial charge in [0.05, 0.1) is 0 Å². The van der Waals surface area contributed by atoms with Gasteiger partial charge in [0.15, 0.2) is 6.61 Å². The molecule has 1 aromatic carbocycles. The van der Waals surface area contributed by atoms with Gasteiger partial charge in [0.2, 0.25) is 0 Å². The lowest BCUT2D eigenvalue weighted by molar-refractivity contribution is -0.134. The SMILES string of the molecule is CCCN(CC(C)(C)CN)C(=O)COc1cccc(Cl)c1. The zero-order valence-electron chi connectivity index (χ0n) is 13.1. The Labute approximate surface area is 132 Å². The summed E-state index contributed by atoms with van der Waals surface area (Å²) >= 11 is 5.89. The highest BCUT2D eigenvalue weighted by Gasteiger charge is 2.23. The van der Waals surface area contributed by atoms with Crippen LogP contribution in [0.3, 0.4) is 0 Å². The van der Waals surface area contributed by atoms with Crippen LogP contribution in [0, 0.1) is 5.41 Å². The van der Waals surface area contributed by atoms with Crippen molar-refractivity contribution < 1.29 is 9.53 Å². The van der Waals surface area contributed by atoms with Crippen LogP contribution in [0.5, 0.6) is 5.75 Å². The standard InChI is InChI=1S/C16H25ClN2O2/c1-4-8-19(12-16(2,3)11-18)15(20)10-21-14-7-5-6-13(17)9-14/h5-7,9H,4,8,10-12,18H2,1-3H3. The van der Waals surface area contributed by atoms with Crippen molar-refractivity contribution in [3.8, 4) is 5.75 Å². The number of nitrogens with zero attached hydrogens (tertiary/aromatic N) is 1. The molecule has 0 atom stereocenters. The van der Waals surface area contributed by atoms with E-state index in [-0.39, 0.29) is 17.9 Å². The van der Waals surface area contributed by atoms with Crippen LogP contribution >= 0.6 is 11.6 Å². The summed E-state index contributed by atoms with van der Waals surface area (Å²) < 4.78 is 5.52. The van der Waals surface area contributed by atoms with E-state index in [2.05, 4.69) is 13.8 Å². The molecule has 0 unspecified atom stereocenters.